The summed E-state index contributed by atoms with van der Waals surface area (Å²) in [5.74, 6) is -8.70. The number of aromatic hydroxyl groups is 1. The largest absolute Gasteiger partial charge is 0.508 e. The number of phenolic OH excluding ortho intramolecular Hbond substituents is 1. The predicted octanol–water partition coefficient (Wildman–Crippen LogP) is 1.89. The van der Waals surface area contributed by atoms with Crippen LogP contribution in [0.4, 0.5) is 0 Å². The van der Waals surface area contributed by atoms with Gasteiger partial charge in [-0.3, -0.25) is 24.1 Å². The van der Waals surface area contributed by atoms with Crippen molar-refractivity contribution in [3.05, 3.63) is 46.2 Å². The molecule has 41 heavy (non-hydrogen) atoms. The molecule has 220 valence electrons. The Labute approximate surface area is 237 Å². The molecule has 1 aromatic rings. The number of nitrogens with one attached hydrogen (secondary N) is 1. The molecule has 5 rings (SSSR count). The number of esters is 1. The molecule has 0 saturated heterocycles. The van der Waals surface area contributed by atoms with Crippen molar-refractivity contribution >= 4 is 29.2 Å². The van der Waals surface area contributed by atoms with Crippen molar-refractivity contribution in [2.45, 2.75) is 62.7 Å². The maximum absolute atomic E-state index is 14.3. The Balaban J connectivity index is 1.77. The molecular formula is C30H36N2O9. The summed E-state index contributed by atoms with van der Waals surface area (Å²) < 4.78 is 6.10. The van der Waals surface area contributed by atoms with Crippen LogP contribution in [0.5, 0.6) is 5.75 Å². The smallest absolute Gasteiger partial charge is 0.306 e. The average molecular weight is 569 g/mol. The molecule has 2 fully saturated rings. The number of carbonyl (C=O) groups excluding carboxylic acids is 4. The zero-order chi connectivity index (χ0) is 30.0. The Bertz CT molecular complexity index is 1390. The van der Waals surface area contributed by atoms with E-state index in [0.29, 0.717) is 5.56 Å². The van der Waals surface area contributed by atoms with Gasteiger partial charge in [-0.15, -0.1) is 0 Å². The molecule has 0 bridgehead atoms. The molecule has 1 aromatic carbocycles. The highest BCUT2D eigenvalue weighted by molar-refractivity contribution is 6.25. The van der Waals surface area contributed by atoms with E-state index in [0.717, 1.165) is 25.7 Å². The molecule has 0 radical (unpaired) electrons. The fourth-order valence-corrected chi connectivity index (χ4v) is 7.45. The summed E-state index contributed by atoms with van der Waals surface area (Å²) in [6, 6.07) is 3.25. The van der Waals surface area contributed by atoms with E-state index < -0.39 is 76.0 Å². The Morgan fingerprint density at radius 1 is 1.12 bits per heavy atom. The van der Waals surface area contributed by atoms with E-state index in [4.69, 9.17) is 4.74 Å². The molecule has 6 unspecified atom stereocenters. The quantitative estimate of drug-likeness (QED) is 0.261. The number of fused-ring (bicyclic) bond motifs is 3. The van der Waals surface area contributed by atoms with E-state index in [1.165, 1.54) is 32.1 Å². The van der Waals surface area contributed by atoms with Crippen LogP contribution in [0.1, 0.15) is 56.1 Å². The highest BCUT2D eigenvalue weighted by Gasteiger charge is 2.69. The topological polar surface area (TPSA) is 174 Å². The third kappa shape index (κ3) is 4.16. The fraction of sp³-hybridized carbons (Fsp3) is 0.533. The molecule has 0 spiro atoms. The second-order valence-electron chi connectivity index (χ2n) is 11.8. The van der Waals surface area contributed by atoms with Crippen molar-refractivity contribution < 1.29 is 44.3 Å². The lowest BCUT2D eigenvalue weighted by molar-refractivity contribution is -0.186. The molecule has 11 nitrogen and oxygen atoms in total. The van der Waals surface area contributed by atoms with Gasteiger partial charge in [0.25, 0.3) is 5.91 Å². The first kappa shape index (κ1) is 28.8. The van der Waals surface area contributed by atoms with Crippen LogP contribution in [-0.2, 0) is 23.9 Å². The van der Waals surface area contributed by atoms with Gasteiger partial charge in [-0.25, -0.2) is 0 Å². The molecule has 0 heterocycles. The Hall–Kier alpha value is -3.70. The van der Waals surface area contributed by atoms with Gasteiger partial charge in [0.05, 0.1) is 17.5 Å². The first-order valence-electron chi connectivity index (χ1n) is 13.9. The van der Waals surface area contributed by atoms with E-state index in [2.05, 4.69) is 5.32 Å². The summed E-state index contributed by atoms with van der Waals surface area (Å²) in [5, 5.41) is 47.9. The number of ketones is 2. The minimum Gasteiger partial charge on any atom is -0.508 e. The van der Waals surface area contributed by atoms with Crippen molar-refractivity contribution in [2.75, 3.05) is 21.1 Å². The molecule has 0 aliphatic heterocycles. The van der Waals surface area contributed by atoms with Gasteiger partial charge in [0.1, 0.15) is 28.9 Å². The van der Waals surface area contributed by atoms with Crippen molar-refractivity contribution in [3.63, 3.8) is 0 Å². The summed E-state index contributed by atoms with van der Waals surface area (Å²) >= 11 is 0. The summed E-state index contributed by atoms with van der Waals surface area (Å²) in [5.41, 5.74) is -3.56. The highest BCUT2D eigenvalue weighted by Crippen LogP contribution is 2.57. The minimum absolute atomic E-state index is 0.0104. The van der Waals surface area contributed by atoms with Gasteiger partial charge in [0.2, 0.25) is 5.78 Å². The van der Waals surface area contributed by atoms with E-state index in [1.807, 2.05) is 0 Å². The Morgan fingerprint density at radius 2 is 1.78 bits per heavy atom. The molecule has 2 saturated carbocycles. The number of hydrogen-bond donors (Lipinski definition) is 5. The standard InChI is InChI=1S/C30H36N2O9/c1-13-15-10-7-11-16(33)19(15)24(35)20-18(13)26(41-17(34)12-14-8-5-6-9-14)22-23(32(3)4)25(36)21(29(39)31-2)28(38)30(22,40)27(20)37/h7,10-11,13-14,18,22-23,26,33,35,38,40H,5-6,8-9,12H2,1-4H3,(H,31,39). The molecule has 0 aromatic heterocycles. The molecule has 11 heteroatoms. The number of benzene rings is 1. The molecule has 5 N–H and O–H groups in total. The second-order valence-corrected chi connectivity index (χ2v) is 11.8. The number of likely N-dealkylation sites (N-methyl/N-ethyl adjacent to an activating group) is 2. The zero-order valence-electron chi connectivity index (χ0n) is 23.5. The normalized spacial score (nSPS) is 31.6. The van der Waals surface area contributed by atoms with Crippen molar-refractivity contribution in [2.24, 2.45) is 17.8 Å². The lowest BCUT2D eigenvalue weighted by Crippen LogP contribution is -2.71. The number of phenols is 1. The Kier molecular flexibility index (Phi) is 7.23. The van der Waals surface area contributed by atoms with Crippen LogP contribution in [0.25, 0.3) is 5.76 Å². The zero-order valence-corrected chi connectivity index (χ0v) is 23.5. The van der Waals surface area contributed by atoms with Crippen LogP contribution in [0.2, 0.25) is 0 Å². The van der Waals surface area contributed by atoms with E-state index in [1.54, 1.807) is 19.1 Å². The number of amides is 1. The number of hydrogen-bond acceptors (Lipinski definition) is 10. The van der Waals surface area contributed by atoms with Crippen LogP contribution < -0.4 is 5.32 Å². The van der Waals surface area contributed by atoms with Crippen LogP contribution in [0.15, 0.2) is 35.1 Å². The molecule has 6 atom stereocenters. The van der Waals surface area contributed by atoms with Gasteiger partial charge < -0.3 is 30.5 Å². The average Bonchev–Trinajstić information content (AvgIpc) is 3.43. The predicted molar refractivity (Wildman–Crippen MR) is 146 cm³/mol. The van der Waals surface area contributed by atoms with Gasteiger partial charge in [-0.1, -0.05) is 31.9 Å². The Morgan fingerprint density at radius 3 is 2.39 bits per heavy atom. The van der Waals surface area contributed by atoms with Crippen molar-refractivity contribution in [3.8, 4) is 5.75 Å². The third-order valence-corrected chi connectivity index (χ3v) is 9.37. The SMILES string of the molecule is CNC(=O)C1=C(O)C2(O)C(=O)C3=C(O)c4c(O)cccc4C(C)C3C(OC(=O)CC3CCCC3)C2C(N(C)C)C1=O. The first-order chi connectivity index (χ1) is 19.4. The van der Waals surface area contributed by atoms with Gasteiger partial charge in [0, 0.05) is 25.0 Å². The minimum atomic E-state index is -2.90. The maximum Gasteiger partial charge on any atom is 0.306 e. The summed E-state index contributed by atoms with van der Waals surface area (Å²) in [4.78, 5) is 55.7. The summed E-state index contributed by atoms with van der Waals surface area (Å²) in [6.07, 6.45) is 2.46. The fourth-order valence-electron chi connectivity index (χ4n) is 7.45. The highest BCUT2D eigenvalue weighted by atomic mass is 16.5. The van der Waals surface area contributed by atoms with Crippen molar-refractivity contribution in [1.29, 1.82) is 0 Å². The van der Waals surface area contributed by atoms with Gasteiger partial charge in [0.15, 0.2) is 11.4 Å². The number of rotatable bonds is 5. The van der Waals surface area contributed by atoms with E-state index in [-0.39, 0.29) is 29.2 Å². The van der Waals surface area contributed by atoms with Crippen LogP contribution in [0.3, 0.4) is 0 Å². The number of carbonyl (C=O) groups is 4. The van der Waals surface area contributed by atoms with Crippen LogP contribution in [0, 0.1) is 17.8 Å². The molecule has 1 amide bonds. The van der Waals surface area contributed by atoms with Crippen LogP contribution >= 0.6 is 0 Å². The number of aliphatic hydroxyl groups is 3. The molecule has 4 aliphatic carbocycles. The van der Waals surface area contributed by atoms with Crippen molar-refractivity contribution in [1.82, 2.24) is 10.2 Å². The monoisotopic (exact) mass is 568 g/mol. The number of Topliss-reactive ketones (excluding diaryl/α,β-unsaturated/α-hetero) is 2. The molecule has 4 aliphatic rings. The van der Waals surface area contributed by atoms with E-state index >= 15 is 0 Å². The third-order valence-electron chi connectivity index (χ3n) is 9.37. The van der Waals surface area contributed by atoms with Gasteiger partial charge in [-0.05, 0) is 50.4 Å². The number of aliphatic hydroxyl groups excluding tert-OH is 2. The summed E-state index contributed by atoms with van der Waals surface area (Å²) in [7, 11) is 4.28. The number of ether oxygens (including phenoxy) is 1. The molecular weight excluding hydrogens is 532 g/mol. The van der Waals surface area contributed by atoms with E-state index in [9.17, 15) is 39.6 Å². The summed E-state index contributed by atoms with van der Waals surface area (Å²) in [6.45, 7) is 1.74. The van der Waals surface area contributed by atoms with Gasteiger partial charge >= 0.3 is 5.97 Å². The van der Waals surface area contributed by atoms with Gasteiger partial charge in [-0.2, -0.15) is 0 Å². The number of nitrogens with zero attached hydrogens (tertiary/aromatic N) is 1. The van der Waals surface area contributed by atoms with Crippen LogP contribution in [-0.4, -0.2) is 87.7 Å². The lowest BCUT2D eigenvalue weighted by Gasteiger charge is -2.54. The lowest BCUT2D eigenvalue weighted by atomic mass is 9.54. The second kappa shape index (κ2) is 10.3. The first-order valence-corrected chi connectivity index (χ1v) is 13.9. The maximum atomic E-state index is 14.3.